The lowest BCUT2D eigenvalue weighted by Crippen LogP contribution is -2.59. The smallest absolute Gasteiger partial charge is 0.309 e. The fourth-order valence-electron chi connectivity index (χ4n) is 10.1. The number of likely N-dealkylation sites (N-methyl/N-ethyl adjacent to an activating group) is 2. The van der Waals surface area contributed by atoms with E-state index in [4.69, 9.17) is 9.47 Å². The van der Waals surface area contributed by atoms with Gasteiger partial charge in [0.15, 0.2) is 0 Å². The van der Waals surface area contributed by atoms with Gasteiger partial charge in [-0.1, -0.05) is 65.8 Å². The van der Waals surface area contributed by atoms with Crippen molar-refractivity contribution in [1.82, 2.24) is 51.5 Å². The second-order valence-corrected chi connectivity index (χ2v) is 21.8. The molecular formula is C52H74F2N10O10. The summed E-state index contributed by atoms with van der Waals surface area (Å²) in [6.45, 7) is 13.8. The van der Waals surface area contributed by atoms with Gasteiger partial charge in [-0.3, -0.25) is 38.4 Å². The minimum absolute atomic E-state index is 0.0235. The van der Waals surface area contributed by atoms with Crippen LogP contribution in [0.25, 0.3) is 0 Å². The number of amides is 8. The molecule has 74 heavy (non-hydrogen) atoms. The molecule has 0 spiro atoms. The average molecular weight is 1040 g/mol. The molecule has 0 radical (unpaired) electrons. The Hall–Kier alpha value is -6.10. The van der Waals surface area contributed by atoms with Crippen molar-refractivity contribution in [2.45, 2.75) is 142 Å². The van der Waals surface area contributed by atoms with Crippen molar-refractivity contribution in [2.24, 2.45) is 10.8 Å². The molecule has 4 saturated heterocycles. The number of hydrogen-bond acceptors (Lipinski definition) is 12. The fraction of sp³-hybridized carbons (Fsp3) is 0.615. The quantitative estimate of drug-likeness (QED) is 0.113. The number of ether oxygens (including phenoxy) is 2. The van der Waals surface area contributed by atoms with Crippen LogP contribution in [-0.2, 0) is 61.0 Å². The summed E-state index contributed by atoms with van der Waals surface area (Å²) in [5.41, 5.74) is -0.0835. The second kappa shape index (κ2) is 24.1. The van der Waals surface area contributed by atoms with Gasteiger partial charge in [-0.2, -0.15) is 0 Å². The topological polar surface area (TPSA) is 240 Å². The van der Waals surface area contributed by atoms with Crippen LogP contribution in [0.3, 0.4) is 0 Å². The summed E-state index contributed by atoms with van der Waals surface area (Å²) >= 11 is 0. The van der Waals surface area contributed by atoms with Crippen molar-refractivity contribution < 1.29 is 56.6 Å². The Morgan fingerprint density at radius 3 is 1.22 bits per heavy atom. The summed E-state index contributed by atoms with van der Waals surface area (Å²) in [7, 11) is 3.28. The molecule has 2 aromatic carbocycles. The van der Waals surface area contributed by atoms with E-state index < -0.39 is 120 Å². The predicted octanol–water partition coefficient (Wildman–Crippen LogP) is 0.569. The Bertz CT molecular complexity index is 2220. The number of fused-ring (bicyclic) bond motifs is 2. The van der Waals surface area contributed by atoms with Gasteiger partial charge in [0.25, 0.3) is 0 Å². The average Bonchev–Trinajstić information content (AvgIpc) is 4.16. The minimum Gasteiger partial charge on any atom is -0.369 e. The highest BCUT2D eigenvalue weighted by atomic mass is 19.1. The van der Waals surface area contributed by atoms with Crippen LogP contribution in [0.1, 0.15) is 79.4 Å². The SMILES string of the molecule is CN[C@@H](C)C(=O)N[C@H](C(=O)N1CC[C@@H]2[C@H]1[C@@H](OCc1ccc(F)cc1)CN2C(=O)CNC(=O)C(=O)NCC(=O)N1C[C@H](OCc2ccc(F)cc2)[C@@H]2[C@H]1CCN2C(=O)[C@@H](NC(=O)[C@H](C)NC)C(C)(C)C)C(C)(C)C. The van der Waals surface area contributed by atoms with Crippen LogP contribution in [0.5, 0.6) is 0 Å². The number of likely N-dealkylation sites (tertiary alicyclic amines) is 4. The van der Waals surface area contributed by atoms with E-state index in [-0.39, 0.29) is 63.0 Å². The summed E-state index contributed by atoms with van der Waals surface area (Å²) < 4.78 is 40.2. The number of benzene rings is 2. The Kier molecular flexibility index (Phi) is 18.6. The first-order valence-corrected chi connectivity index (χ1v) is 25.3. The lowest BCUT2D eigenvalue weighted by Gasteiger charge is -2.37. The number of nitrogens with one attached hydrogen (secondary N) is 6. The van der Waals surface area contributed by atoms with Gasteiger partial charge in [0, 0.05) is 26.2 Å². The van der Waals surface area contributed by atoms with Gasteiger partial charge in [0.05, 0.1) is 74.8 Å². The molecule has 0 unspecified atom stereocenters. The lowest BCUT2D eigenvalue weighted by molar-refractivity contribution is -0.143. The first-order valence-electron chi connectivity index (χ1n) is 25.3. The highest BCUT2D eigenvalue weighted by Gasteiger charge is 2.56. The number of carbonyl (C=O) groups is 8. The summed E-state index contributed by atoms with van der Waals surface area (Å²) in [5, 5.41) is 16.3. The molecule has 2 aromatic rings. The van der Waals surface area contributed by atoms with Crippen LogP contribution >= 0.6 is 0 Å². The van der Waals surface area contributed by atoms with E-state index in [9.17, 15) is 47.1 Å². The predicted molar refractivity (Wildman–Crippen MR) is 267 cm³/mol. The molecule has 0 aromatic heterocycles. The molecule has 406 valence electrons. The van der Waals surface area contributed by atoms with Crippen LogP contribution < -0.4 is 31.9 Å². The highest BCUT2D eigenvalue weighted by molar-refractivity contribution is 6.35. The van der Waals surface area contributed by atoms with E-state index in [1.54, 1.807) is 62.0 Å². The van der Waals surface area contributed by atoms with Crippen LogP contribution in [-0.4, -0.2) is 181 Å². The Labute approximate surface area is 431 Å². The van der Waals surface area contributed by atoms with Crippen molar-refractivity contribution >= 4 is 47.3 Å². The van der Waals surface area contributed by atoms with Gasteiger partial charge < -0.3 is 61.0 Å². The van der Waals surface area contributed by atoms with Crippen molar-refractivity contribution in [3.05, 3.63) is 71.3 Å². The Balaban J connectivity index is 1.10. The van der Waals surface area contributed by atoms with E-state index >= 15 is 0 Å². The minimum atomic E-state index is -1.17. The van der Waals surface area contributed by atoms with Gasteiger partial charge in [-0.05, 0) is 87.0 Å². The molecule has 0 aliphatic carbocycles. The summed E-state index contributed by atoms with van der Waals surface area (Å²) in [6, 6.07) is 6.10. The molecule has 0 saturated carbocycles. The molecule has 0 bridgehead atoms. The number of carbonyl (C=O) groups excluding carboxylic acids is 8. The molecule has 20 nitrogen and oxygen atoms in total. The molecule has 4 heterocycles. The normalized spacial score (nSPS) is 23.1. The van der Waals surface area contributed by atoms with Gasteiger partial charge in [-0.25, -0.2) is 8.78 Å². The Morgan fingerprint density at radius 2 is 0.905 bits per heavy atom. The molecular weight excluding hydrogens is 963 g/mol. The zero-order valence-corrected chi connectivity index (χ0v) is 44.1. The van der Waals surface area contributed by atoms with Gasteiger partial charge in [-0.15, -0.1) is 0 Å². The van der Waals surface area contributed by atoms with Crippen molar-refractivity contribution in [3.63, 3.8) is 0 Å². The first kappa shape index (κ1) is 57.2. The third-order valence-corrected chi connectivity index (χ3v) is 14.6. The van der Waals surface area contributed by atoms with Crippen LogP contribution in [0.15, 0.2) is 48.5 Å². The molecule has 8 amide bonds. The van der Waals surface area contributed by atoms with E-state index in [1.807, 2.05) is 41.5 Å². The van der Waals surface area contributed by atoms with Crippen molar-refractivity contribution in [3.8, 4) is 0 Å². The summed E-state index contributed by atoms with van der Waals surface area (Å²) in [6.07, 6.45) is -0.707. The second-order valence-electron chi connectivity index (χ2n) is 21.8. The molecule has 4 aliphatic heterocycles. The van der Waals surface area contributed by atoms with Gasteiger partial charge in [0.1, 0.15) is 23.7 Å². The van der Waals surface area contributed by atoms with E-state index in [0.29, 0.717) is 24.0 Å². The number of rotatable bonds is 18. The summed E-state index contributed by atoms with van der Waals surface area (Å²) in [5.74, 6) is -5.72. The van der Waals surface area contributed by atoms with Crippen LogP contribution in [0.2, 0.25) is 0 Å². The number of hydrogen-bond donors (Lipinski definition) is 6. The number of nitrogens with zero attached hydrogens (tertiary/aromatic N) is 4. The lowest BCUT2D eigenvalue weighted by atomic mass is 9.85. The van der Waals surface area contributed by atoms with Crippen LogP contribution in [0.4, 0.5) is 8.78 Å². The number of halogens is 2. The molecule has 22 heteroatoms. The summed E-state index contributed by atoms with van der Waals surface area (Å²) in [4.78, 5) is 116. The maximum Gasteiger partial charge on any atom is 0.309 e. The van der Waals surface area contributed by atoms with Gasteiger partial charge in [0.2, 0.25) is 35.4 Å². The van der Waals surface area contributed by atoms with E-state index in [1.165, 1.54) is 34.1 Å². The largest absolute Gasteiger partial charge is 0.369 e. The van der Waals surface area contributed by atoms with Crippen molar-refractivity contribution in [1.29, 1.82) is 0 Å². The maximum atomic E-state index is 14.4. The van der Waals surface area contributed by atoms with Crippen LogP contribution in [0, 0.1) is 22.5 Å². The fourth-order valence-corrected chi connectivity index (χ4v) is 10.1. The highest BCUT2D eigenvalue weighted by Crippen LogP contribution is 2.38. The van der Waals surface area contributed by atoms with E-state index in [0.717, 1.165) is 0 Å². The van der Waals surface area contributed by atoms with E-state index in [2.05, 4.69) is 31.9 Å². The maximum absolute atomic E-state index is 14.4. The molecule has 6 N–H and O–H groups in total. The third kappa shape index (κ3) is 13.4. The standard InChI is InChI=1S/C52H74F2N10O10/c1-29(55-9)45(67)59-43(51(3,4)5)49(71)61-21-19-35-41(61)37(73-27-31-11-15-33(53)16-12-31)25-63(35)39(65)23-57-47(69)48(70)58-24-40(66)64-26-38(74-28-32-13-17-34(54)18-14-32)42-36(64)20-22-62(42)50(72)44(52(6,7)8)60-46(68)30(2)56-10/h11-18,29-30,35-38,41-44,55-56H,19-28H2,1-10H3,(H,57,69)(H,58,70)(H,59,67)(H,60,68)/t29-,30-,35+,36+,37-,38-,41-,42-,43+,44+/m0/s1. The monoisotopic (exact) mass is 1040 g/mol. The van der Waals surface area contributed by atoms with Gasteiger partial charge >= 0.3 is 11.8 Å². The Morgan fingerprint density at radius 1 is 0.568 bits per heavy atom. The van der Waals surface area contributed by atoms with Crippen molar-refractivity contribution in [2.75, 3.05) is 53.4 Å². The zero-order valence-electron chi connectivity index (χ0n) is 44.1. The third-order valence-electron chi connectivity index (χ3n) is 14.6. The molecule has 6 rings (SSSR count). The molecule has 4 fully saturated rings. The first-order chi connectivity index (χ1) is 34.8. The zero-order chi connectivity index (χ0) is 54.4. The molecule has 10 atom stereocenters. The molecule has 4 aliphatic rings.